The number of guanidine groups is 1. The number of carbonyl (C=O) groups excluding carboxylic acids is 1. The van der Waals surface area contributed by atoms with Crippen LogP contribution in [-0.2, 0) is 11.2 Å². The average molecular weight is 365 g/mol. The van der Waals surface area contributed by atoms with Crippen LogP contribution >= 0.6 is 11.6 Å². The summed E-state index contributed by atoms with van der Waals surface area (Å²) in [5, 5.41) is 4.09. The van der Waals surface area contributed by atoms with Gasteiger partial charge < -0.3 is 15.1 Å². The van der Waals surface area contributed by atoms with Crippen molar-refractivity contribution in [2.24, 2.45) is 10.9 Å². The molecule has 138 valence electrons. The maximum atomic E-state index is 12.5. The first-order valence-corrected chi connectivity index (χ1v) is 9.35. The molecule has 1 N–H and O–H groups in total. The van der Waals surface area contributed by atoms with Crippen molar-refractivity contribution in [1.29, 1.82) is 0 Å². The SMILES string of the molecule is CN=C(NCCC(C)C)N1CCN(C(=O)Cc2cccc(Cl)c2)CC1. The molecule has 0 aromatic heterocycles. The molecule has 1 saturated heterocycles. The standard InChI is InChI=1S/C19H29ClN4O/c1-15(2)7-8-22-19(21-3)24-11-9-23(10-12-24)18(25)14-16-5-4-6-17(20)13-16/h4-6,13,15H,7-12,14H2,1-3H3,(H,21,22). The van der Waals surface area contributed by atoms with Gasteiger partial charge in [0, 0.05) is 44.8 Å². The van der Waals surface area contributed by atoms with Crippen LogP contribution in [0.25, 0.3) is 0 Å². The number of piperazine rings is 1. The Bertz CT molecular complexity index is 595. The lowest BCUT2D eigenvalue weighted by molar-refractivity contribution is -0.131. The van der Waals surface area contributed by atoms with Crippen molar-refractivity contribution < 1.29 is 4.79 Å². The number of carbonyl (C=O) groups is 1. The lowest BCUT2D eigenvalue weighted by Gasteiger charge is -2.36. The highest BCUT2D eigenvalue weighted by molar-refractivity contribution is 6.30. The van der Waals surface area contributed by atoms with Crippen LogP contribution in [0, 0.1) is 5.92 Å². The molecule has 1 aromatic rings. The summed E-state index contributed by atoms with van der Waals surface area (Å²) in [6.45, 7) is 8.43. The van der Waals surface area contributed by atoms with E-state index in [1.807, 2.05) is 36.2 Å². The van der Waals surface area contributed by atoms with Crippen LogP contribution < -0.4 is 5.32 Å². The van der Waals surface area contributed by atoms with Gasteiger partial charge in [-0.05, 0) is 30.0 Å². The van der Waals surface area contributed by atoms with Crippen LogP contribution in [0.4, 0.5) is 0 Å². The Morgan fingerprint density at radius 2 is 1.92 bits per heavy atom. The number of benzene rings is 1. The predicted molar refractivity (Wildman–Crippen MR) is 104 cm³/mol. The molecule has 1 heterocycles. The quantitative estimate of drug-likeness (QED) is 0.645. The zero-order valence-corrected chi connectivity index (χ0v) is 16.2. The van der Waals surface area contributed by atoms with Crippen LogP contribution in [-0.4, -0.2) is 61.4 Å². The fourth-order valence-corrected chi connectivity index (χ4v) is 3.12. The van der Waals surface area contributed by atoms with Gasteiger partial charge in [0.05, 0.1) is 6.42 Å². The lowest BCUT2D eigenvalue weighted by Crippen LogP contribution is -2.54. The van der Waals surface area contributed by atoms with E-state index in [9.17, 15) is 4.79 Å². The van der Waals surface area contributed by atoms with Crippen LogP contribution in [0.1, 0.15) is 25.8 Å². The van der Waals surface area contributed by atoms with Gasteiger partial charge in [-0.1, -0.05) is 37.6 Å². The van der Waals surface area contributed by atoms with E-state index in [0.717, 1.165) is 50.7 Å². The van der Waals surface area contributed by atoms with Gasteiger partial charge in [0.1, 0.15) is 0 Å². The lowest BCUT2D eigenvalue weighted by atomic mass is 10.1. The molecule has 25 heavy (non-hydrogen) atoms. The Kier molecular flexibility index (Phi) is 7.56. The normalized spacial score (nSPS) is 15.6. The molecule has 0 unspecified atom stereocenters. The van der Waals surface area contributed by atoms with E-state index >= 15 is 0 Å². The van der Waals surface area contributed by atoms with Crippen molar-refractivity contribution in [2.45, 2.75) is 26.7 Å². The van der Waals surface area contributed by atoms with Crippen molar-refractivity contribution in [1.82, 2.24) is 15.1 Å². The number of hydrogen-bond donors (Lipinski definition) is 1. The van der Waals surface area contributed by atoms with E-state index in [0.29, 0.717) is 17.4 Å². The number of nitrogens with zero attached hydrogens (tertiary/aromatic N) is 3. The summed E-state index contributed by atoms with van der Waals surface area (Å²) < 4.78 is 0. The molecule has 2 rings (SSSR count). The molecule has 0 atom stereocenters. The third kappa shape index (κ3) is 6.24. The zero-order chi connectivity index (χ0) is 18.2. The molecule has 1 aliphatic heterocycles. The molecular formula is C19H29ClN4O. The minimum absolute atomic E-state index is 0.157. The molecule has 6 heteroatoms. The van der Waals surface area contributed by atoms with E-state index < -0.39 is 0 Å². The zero-order valence-electron chi connectivity index (χ0n) is 15.5. The largest absolute Gasteiger partial charge is 0.356 e. The molecule has 5 nitrogen and oxygen atoms in total. The van der Waals surface area contributed by atoms with Crippen molar-refractivity contribution in [3.8, 4) is 0 Å². The summed E-state index contributed by atoms with van der Waals surface area (Å²) in [6, 6.07) is 7.51. The van der Waals surface area contributed by atoms with Gasteiger partial charge >= 0.3 is 0 Å². The van der Waals surface area contributed by atoms with Crippen molar-refractivity contribution >= 4 is 23.5 Å². The third-order valence-corrected chi connectivity index (χ3v) is 4.63. The second kappa shape index (κ2) is 9.66. The molecule has 0 aliphatic carbocycles. The Morgan fingerprint density at radius 1 is 1.24 bits per heavy atom. The monoisotopic (exact) mass is 364 g/mol. The first-order valence-electron chi connectivity index (χ1n) is 8.97. The summed E-state index contributed by atoms with van der Waals surface area (Å²) in [5.74, 6) is 1.76. The Labute approximate surface area is 156 Å². The van der Waals surface area contributed by atoms with Gasteiger partial charge in [0.2, 0.25) is 5.91 Å². The van der Waals surface area contributed by atoms with Gasteiger partial charge in [0.15, 0.2) is 5.96 Å². The molecular weight excluding hydrogens is 336 g/mol. The van der Waals surface area contributed by atoms with E-state index in [-0.39, 0.29) is 5.91 Å². The van der Waals surface area contributed by atoms with Crippen LogP contribution in [0.2, 0.25) is 5.02 Å². The van der Waals surface area contributed by atoms with Gasteiger partial charge in [-0.15, -0.1) is 0 Å². The summed E-state index contributed by atoms with van der Waals surface area (Å²) in [4.78, 5) is 21.0. The smallest absolute Gasteiger partial charge is 0.227 e. The van der Waals surface area contributed by atoms with E-state index in [1.165, 1.54) is 0 Å². The highest BCUT2D eigenvalue weighted by Gasteiger charge is 2.23. The molecule has 0 radical (unpaired) electrons. The number of halogens is 1. The highest BCUT2D eigenvalue weighted by Crippen LogP contribution is 2.13. The summed E-state index contributed by atoms with van der Waals surface area (Å²) in [7, 11) is 1.81. The molecule has 1 amide bonds. The summed E-state index contributed by atoms with van der Waals surface area (Å²) >= 11 is 5.99. The number of amides is 1. The van der Waals surface area contributed by atoms with Crippen LogP contribution in [0.5, 0.6) is 0 Å². The number of rotatable bonds is 5. The van der Waals surface area contributed by atoms with Gasteiger partial charge in [-0.3, -0.25) is 9.79 Å². The molecule has 0 saturated carbocycles. The van der Waals surface area contributed by atoms with Gasteiger partial charge in [-0.25, -0.2) is 0 Å². The average Bonchev–Trinajstić information content (AvgIpc) is 2.59. The Morgan fingerprint density at radius 3 is 2.52 bits per heavy atom. The molecule has 0 spiro atoms. The minimum Gasteiger partial charge on any atom is -0.356 e. The van der Waals surface area contributed by atoms with E-state index in [4.69, 9.17) is 11.6 Å². The number of hydrogen-bond acceptors (Lipinski definition) is 2. The molecule has 0 bridgehead atoms. The Balaban J connectivity index is 1.80. The fourth-order valence-electron chi connectivity index (χ4n) is 2.91. The second-order valence-corrected chi connectivity index (χ2v) is 7.27. The maximum Gasteiger partial charge on any atom is 0.227 e. The molecule has 1 aliphatic rings. The van der Waals surface area contributed by atoms with Crippen molar-refractivity contribution in [3.05, 3.63) is 34.9 Å². The maximum absolute atomic E-state index is 12.5. The molecule has 1 fully saturated rings. The topological polar surface area (TPSA) is 47.9 Å². The first kappa shape index (κ1) is 19.6. The fraction of sp³-hybridized carbons (Fsp3) is 0.579. The molecule has 1 aromatic carbocycles. The van der Waals surface area contributed by atoms with Gasteiger partial charge in [-0.2, -0.15) is 0 Å². The number of aliphatic imine (C=N–C) groups is 1. The van der Waals surface area contributed by atoms with Gasteiger partial charge in [0.25, 0.3) is 0 Å². The number of nitrogens with one attached hydrogen (secondary N) is 1. The highest BCUT2D eigenvalue weighted by atomic mass is 35.5. The second-order valence-electron chi connectivity index (χ2n) is 6.83. The summed E-state index contributed by atoms with van der Waals surface area (Å²) in [6.07, 6.45) is 1.53. The van der Waals surface area contributed by atoms with Crippen molar-refractivity contribution in [3.63, 3.8) is 0 Å². The predicted octanol–water partition coefficient (Wildman–Crippen LogP) is 2.65. The third-order valence-electron chi connectivity index (χ3n) is 4.39. The van der Waals surface area contributed by atoms with Crippen LogP contribution in [0.3, 0.4) is 0 Å². The van der Waals surface area contributed by atoms with E-state index in [1.54, 1.807) is 0 Å². The minimum atomic E-state index is 0.157. The first-order chi connectivity index (χ1) is 12.0. The Hall–Kier alpha value is -1.75. The van der Waals surface area contributed by atoms with Crippen LogP contribution in [0.15, 0.2) is 29.3 Å². The van der Waals surface area contributed by atoms with E-state index in [2.05, 4.69) is 29.1 Å². The van der Waals surface area contributed by atoms with Crippen molar-refractivity contribution in [2.75, 3.05) is 39.8 Å². The summed E-state index contributed by atoms with van der Waals surface area (Å²) in [5.41, 5.74) is 0.964.